The molecule has 0 heterocycles. The van der Waals surface area contributed by atoms with Gasteiger partial charge in [-0.25, -0.2) is 0 Å². The smallest absolute Gasteiger partial charge is 0.142 e. The van der Waals surface area contributed by atoms with Crippen molar-refractivity contribution in [3.8, 4) is 0 Å². The Bertz CT molecular complexity index is 211. The van der Waals surface area contributed by atoms with Gasteiger partial charge in [-0.1, -0.05) is 50.1 Å². The van der Waals surface area contributed by atoms with Crippen LogP contribution in [-0.2, 0) is 4.79 Å². The summed E-state index contributed by atoms with van der Waals surface area (Å²) in [6, 6.07) is 0. The Balaban J connectivity index is 3.26. The van der Waals surface area contributed by atoms with Gasteiger partial charge < -0.3 is 0 Å². The minimum absolute atomic E-state index is 0.790. The first-order chi connectivity index (χ1) is 7.41. The highest BCUT2D eigenvalue weighted by molar-refractivity contribution is 5.65. The summed E-state index contributed by atoms with van der Waals surface area (Å²) in [5, 5.41) is 0. The van der Waals surface area contributed by atoms with Crippen molar-refractivity contribution in [2.45, 2.75) is 45.4 Å². The zero-order valence-corrected chi connectivity index (χ0v) is 9.69. The lowest BCUT2D eigenvalue weighted by atomic mass is 10.2. The quantitative estimate of drug-likeness (QED) is 0.181. The maximum absolute atomic E-state index is 9.93. The summed E-state index contributed by atoms with van der Waals surface area (Å²) in [6.45, 7) is 2.22. The van der Waals surface area contributed by atoms with Gasteiger partial charge in [0.2, 0.25) is 0 Å². The molecule has 0 aliphatic heterocycles. The Labute approximate surface area is 93.6 Å². The summed E-state index contributed by atoms with van der Waals surface area (Å²) in [5.41, 5.74) is 0. The molecular weight excluding hydrogens is 184 g/mol. The van der Waals surface area contributed by atoms with Crippen LogP contribution in [0.5, 0.6) is 0 Å². The molecule has 0 radical (unpaired) electrons. The van der Waals surface area contributed by atoms with Gasteiger partial charge in [-0.2, -0.15) is 0 Å². The maximum atomic E-state index is 9.93. The van der Waals surface area contributed by atoms with E-state index in [1.807, 2.05) is 6.08 Å². The Morgan fingerprint density at radius 2 is 1.53 bits per heavy atom. The van der Waals surface area contributed by atoms with Gasteiger partial charge in [-0.15, -0.1) is 0 Å². The first-order valence-corrected chi connectivity index (χ1v) is 5.83. The molecule has 1 nitrogen and oxygen atoms in total. The number of hydrogen-bond donors (Lipinski definition) is 0. The van der Waals surface area contributed by atoms with Crippen LogP contribution >= 0.6 is 0 Å². The van der Waals surface area contributed by atoms with Gasteiger partial charge in [-0.05, 0) is 31.8 Å². The number of hydrogen-bond acceptors (Lipinski definition) is 1. The molecule has 0 aromatic rings. The lowest BCUT2D eigenvalue weighted by molar-refractivity contribution is -0.104. The average Bonchev–Trinajstić information content (AvgIpc) is 2.26. The SMILES string of the molecule is CCCCCC=CCCC=CC=CC=O. The molecule has 0 aliphatic rings. The van der Waals surface area contributed by atoms with Crippen molar-refractivity contribution in [3.05, 3.63) is 36.5 Å². The second kappa shape index (κ2) is 12.9. The van der Waals surface area contributed by atoms with Crippen molar-refractivity contribution in [2.75, 3.05) is 0 Å². The fraction of sp³-hybridized carbons (Fsp3) is 0.500. The maximum Gasteiger partial charge on any atom is 0.142 e. The van der Waals surface area contributed by atoms with Gasteiger partial charge in [0.25, 0.3) is 0 Å². The number of rotatable bonds is 9. The summed E-state index contributed by atoms with van der Waals surface area (Å²) >= 11 is 0. The molecule has 0 atom stereocenters. The molecule has 0 fully saturated rings. The number of unbranched alkanes of at least 4 members (excludes halogenated alkanes) is 4. The third-order valence-electron chi connectivity index (χ3n) is 2.08. The predicted octanol–water partition coefficient (Wildman–Crippen LogP) is 4.21. The molecule has 0 aliphatic carbocycles. The number of carbonyl (C=O) groups excluding carboxylic acids is 1. The van der Waals surface area contributed by atoms with E-state index in [1.165, 1.54) is 31.8 Å². The predicted molar refractivity (Wildman–Crippen MR) is 66.9 cm³/mol. The number of allylic oxidation sites excluding steroid dienone is 6. The van der Waals surface area contributed by atoms with Gasteiger partial charge in [0.1, 0.15) is 6.29 Å². The van der Waals surface area contributed by atoms with Crippen molar-refractivity contribution in [2.24, 2.45) is 0 Å². The molecule has 15 heavy (non-hydrogen) atoms. The Morgan fingerprint density at radius 1 is 0.800 bits per heavy atom. The molecule has 84 valence electrons. The zero-order valence-electron chi connectivity index (χ0n) is 9.69. The van der Waals surface area contributed by atoms with E-state index in [2.05, 4.69) is 25.2 Å². The van der Waals surface area contributed by atoms with Crippen LogP contribution in [0.2, 0.25) is 0 Å². The molecular formula is C14H22O. The van der Waals surface area contributed by atoms with Crippen molar-refractivity contribution < 1.29 is 4.79 Å². The number of carbonyl (C=O) groups is 1. The van der Waals surface area contributed by atoms with E-state index in [1.54, 1.807) is 6.08 Å². The van der Waals surface area contributed by atoms with Crippen LogP contribution < -0.4 is 0 Å². The zero-order chi connectivity index (χ0) is 11.2. The molecule has 0 unspecified atom stereocenters. The Hall–Kier alpha value is -1.11. The standard InChI is InChI=1S/C14H22O/c1-2-3-4-5-6-7-8-9-10-11-12-13-14-15/h6-7,10-14H,2-5,8-9H2,1H3. The van der Waals surface area contributed by atoms with E-state index in [0.717, 1.165) is 19.1 Å². The fourth-order valence-electron chi connectivity index (χ4n) is 1.22. The van der Waals surface area contributed by atoms with Crippen LogP contribution in [-0.4, -0.2) is 6.29 Å². The molecule has 0 rings (SSSR count). The Morgan fingerprint density at radius 3 is 2.27 bits per heavy atom. The topological polar surface area (TPSA) is 17.1 Å². The van der Waals surface area contributed by atoms with E-state index >= 15 is 0 Å². The largest absolute Gasteiger partial charge is 0.299 e. The second-order valence-electron chi connectivity index (χ2n) is 3.49. The highest BCUT2D eigenvalue weighted by Gasteiger charge is 1.81. The van der Waals surface area contributed by atoms with Crippen molar-refractivity contribution in [3.63, 3.8) is 0 Å². The summed E-state index contributed by atoms with van der Waals surface area (Å²) in [7, 11) is 0. The van der Waals surface area contributed by atoms with E-state index in [0.29, 0.717) is 0 Å². The van der Waals surface area contributed by atoms with Crippen LogP contribution in [0.3, 0.4) is 0 Å². The summed E-state index contributed by atoms with van der Waals surface area (Å²) in [5.74, 6) is 0. The molecule has 0 N–H and O–H groups in total. The van der Waals surface area contributed by atoms with Crippen molar-refractivity contribution >= 4 is 6.29 Å². The molecule has 0 aromatic heterocycles. The van der Waals surface area contributed by atoms with E-state index in [-0.39, 0.29) is 0 Å². The lowest BCUT2D eigenvalue weighted by Crippen LogP contribution is -1.71. The van der Waals surface area contributed by atoms with E-state index in [9.17, 15) is 4.79 Å². The van der Waals surface area contributed by atoms with E-state index in [4.69, 9.17) is 0 Å². The number of aldehydes is 1. The molecule has 1 heteroatoms. The monoisotopic (exact) mass is 206 g/mol. The highest BCUT2D eigenvalue weighted by atomic mass is 16.1. The molecule has 0 aromatic carbocycles. The fourth-order valence-corrected chi connectivity index (χ4v) is 1.22. The second-order valence-corrected chi connectivity index (χ2v) is 3.49. The van der Waals surface area contributed by atoms with Gasteiger partial charge in [0.05, 0.1) is 0 Å². The molecule has 0 saturated heterocycles. The Kier molecular flexibility index (Phi) is 11.9. The summed E-state index contributed by atoms with van der Waals surface area (Å²) < 4.78 is 0. The first-order valence-electron chi connectivity index (χ1n) is 5.83. The summed E-state index contributed by atoms with van der Waals surface area (Å²) in [6.07, 6.45) is 19.8. The van der Waals surface area contributed by atoms with Gasteiger partial charge in [-0.3, -0.25) is 4.79 Å². The first kappa shape index (κ1) is 13.9. The highest BCUT2D eigenvalue weighted by Crippen LogP contribution is 2.01. The van der Waals surface area contributed by atoms with Crippen LogP contribution in [0.15, 0.2) is 36.5 Å². The summed E-state index contributed by atoms with van der Waals surface area (Å²) in [4.78, 5) is 9.93. The molecule has 0 bridgehead atoms. The van der Waals surface area contributed by atoms with Gasteiger partial charge in [0, 0.05) is 0 Å². The molecule has 0 amide bonds. The van der Waals surface area contributed by atoms with Crippen molar-refractivity contribution in [1.82, 2.24) is 0 Å². The van der Waals surface area contributed by atoms with Crippen LogP contribution in [0, 0.1) is 0 Å². The minimum atomic E-state index is 0.790. The third-order valence-corrected chi connectivity index (χ3v) is 2.08. The lowest BCUT2D eigenvalue weighted by Gasteiger charge is -1.91. The van der Waals surface area contributed by atoms with Gasteiger partial charge >= 0.3 is 0 Å². The normalized spacial score (nSPS) is 12.1. The minimum Gasteiger partial charge on any atom is -0.299 e. The van der Waals surface area contributed by atoms with E-state index < -0.39 is 0 Å². The van der Waals surface area contributed by atoms with Crippen LogP contribution in [0.4, 0.5) is 0 Å². The van der Waals surface area contributed by atoms with Crippen LogP contribution in [0.1, 0.15) is 45.4 Å². The van der Waals surface area contributed by atoms with Gasteiger partial charge in [0.15, 0.2) is 0 Å². The molecule has 0 saturated carbocycles. The third kappa shape index (κ3) is 12.9. The average molecular weight is 206 g/mol. The van der Waals surface area contributed by atoms with Crippen molar-refractivity contribution in [1.29, 1.82) is 0 Å². The molecule has 0 spiro atoms. The van der Waals surface area contributed by atoms with Crippen LogP contribution in [0.25, 0.3) is 0 Å².